The third-order valence-electron chi connectivity index (χ3n) is 4.89. The van der Waals surface area contributed by atoms with E-state index in [-0.39, 0.29) is 11.8 Å². The Hall–Kier alpha value is -3.59. The molecule has 1 fully saturated rings. The number of ketones is 1. The molecule has 0 bridgehead atoms. The van der Waals surface area contributed by atoms with Crippen molar-refractivity contribution in [1.29, 1.82) is 0 Å². The smallest absolute Gasteiger partial charge is 0.344 e. The predicted molar refractivity (Wildman–Crippen MR) is 108 cm³/mol. The molecule has 1 aromatic carbocycles. The average Bonchev–Trinajstić information content (AvgIpc) is 3.26. The van der Waals surface area contributed by atoms with Gasteiger partial charge < -0.3 is 9.64 Å². The summed E-state index contributed by atoms with van der Waals surface area (Å²) in [5, 5.41) is 11.6. The standard InChI is InChI=1S/C21H22N6O3/c1-16(28)20-6-8-27(24-20)21(29)26-11-9-25(10-12-26)15-17-3-2-4-18(13-17)30-19-5-7-22-23-14-19/h2-8,13-14H,9-12,15H2,1H3. The highest BCUT2D eigenvalue weighted by Crippen LogP contribution is 2.22. The van der Waals surface area contributed by atoms with Gasteiger partial charge in [0.25, 0.3) is 0 Å². The lowest BCUT2D eigenvalue weighted by Gasteiger charge is -2.34. The van der Waals surface area contributed by atoms with Crippen LogP contribution in [0.1, 0.15) is 23.0 Å². The maximum absolute atomic E-state index is 12.6. The van der Waals surface area contributed by atoms with Gasteiger partial charge in [0.15, 0.2) is 5.78 Å². The van der Waals surface area contributed by atoms with Crippen LogP contribution in [0.3, 0.4) is 0 Å². The van der Waals surface area contributed by atoms with Gasteiger partial charge in [-0.15, -0.1) is 0 Å². The van der Waals surface area contributed by atoms with Crippen molar-refractivity contribution in [3.63, 3.8) is 0 Å². The van der Waals surface area contributed by atoms with Gasteiger partial charge in [0, 0.05) is 51.9 Å². The van der Waals surface area contributed by atoms with Crippen LogP contribution in [0.15, 0.2) is 55.0 Å². The Kier molecular flexibility index (Phi) is 5.80. The van der Waals surface area contributed by atoms with Crippen molar-refractivity contribution in [3.8, 4) is 11.5 Å². The molecule has 0 N–H and O–H groups in total. The largest absolute Gasteiger partial charge is 0.456 e. The lowest BCUT2D eigenvalue weighted by molar-refractivity contribution is 0.101. The van der Waals surface area contributed by atoms with Crippen molar-refractivity contribution in [3.05, 3.63) is 66.2 Å². The molecule has 0 radical (unpaired) electrons. The van der Waals surface area contributed by atoms with Crippen LogP contribution < -0.4 is 4.74 Å². The fourth-order valence-electron chi connectivity index (χ4n) is 3.30. The topological polar surface area (TPSA) is 93.5 Å². The molecule has 3 heterocycles. The van der Waals surface area contributed by atoms with E-state index in [1.165, 1.54) is 17.8 Å². The third-order valence-corrected chi connectivity index (χ3v) is 4.89. The van der Waals surface area contributed by atoms with E-state index in [1.807, 2.05) is 18.2 Å². The number of nitrogens with zero attached hydrogens (tertiary/aromatic N) is 6. The number of hydrogen-bond donors (Lipinski definition) is 0. The van der Waals surface area contributed by atoms with Crippen molar-refractivity contribution >= 4 is 11.8 Å². The molecule has 1 aliphatic rings. The molecule has 9 heteroatoms. The molecule has 0 saturated carbocycles. The minimum atomic E-state index is -0.205. The first kappa shape index (κ1) is 19.7. The maximum Gasteiger partial charge on any atom is 0.344 e. The van der Waals surface area contributed by atoms with Crippen molar-refractivity contribution in [2.45, 2.75) is 13.5 Å². The number of piperazine rings is 1. The number of ether oxygens (including phenoxy) is 1. The molecule has 0 spiro atoms. The molecule has 1 aliphatic heterocycles. The van der Waals surface area contributed by atoms with Gasteiger partial charge in [-0.1, -0.05) is 12.1 Å². The second-order valence-electron chi connectivity index (χ2n) is 7.08. The van der Waals surface area contributed by atoms with Gasteiger partial charge in [-0.2, -0.15) is 20.0 Å². The molecule has 3 aromatic rings. The summed E-state index contributed by atoms with van der Waals surface area (Å²) >= 11 is 0. The Bertz CT molecular complexity index is 1030. The normalized spacial score (nSPS) is 14.5. The van der Waals surface area contributed by atoms with Gasteiger partial charge in [-0.05, 0) is 23.8 Å². The SMILES string of the molecule is CC(=O)c1ccn(C(=O)N2CCN(Cc3cccc(Oc4ccnnc4)c3)CC2)n1. The number of hydrogen-bond acceptors (Lipinski definition) is 7. The van der Waals surface area contributed by atoms with E-state index >= 15 is 0 Å². The van der Waals surface area contributed by atoms with Crippen LogP contribution in [-0.2, 0) is 6.54 Å². The van der Waals surface area contributed by atoms with Gasteiger partial charge in [-0.25, -0.2) is 4.79 Å². The molecule has 9 nitrogen and oxygen atoms in total. The molecule has 1 amide bonds. The zero-order valence-corrected chi connectivity index (χ0v) is 16.6. The summed E-state index contributed by atoms with van der Waals surface area (Å²) in [6.45, 7) is 4.92. The van der Waals surface area contributed by atoms with Gasteiger partial charge in [0.1, 0.15) is 17.2 Å². The van der Waals surface area contributed by atoms with Crippen molar-refractivity contribution < 1.29 is 14.3 Å². The van der Waals surface area contributed by atoms with E-state index < -0.39 is 0 Å². The van der Waals surface area contributed by atoms with Crippen LogP contribution in [0.2, 0.25) is 0 Å². The molecule has 0 unspecified atom stereocenters. The number of rotatable bonds is 5. The summed E-state index contributed by atoms with van der Waals surface area (Å²) in [7, 11) is 0. The number of carbonyl (C=O) groups is 2. The molecule has 4 rings (SSSR count). The van der Waals surface area contributed by atoms with Gasteiger partial charge >= 0.3 is 6.03 Å². The van der Waals surface area contributed by atoms with E-state index in [0.717, 1.165) is 30.9 Å². The predicted octanol–water partition coefficient (Wildman–Crippen LogP) is 2.45. The van der Waals surface area contributed by atoms with E-state index in [1.54, 1.807) is 29.4 Å². The first-order valence-corrected chi connectivity index (χ1v) is 9.70. The van der Waals surface area contributed by atoms with Crippen molar-refractivity contribution in [2.75, 3.05) is 26.2 Å². The van der Waals surface area contributed by atoms with Crippen LogP contribution >= 0.6 is 0 Å². The summed E-state index contributed by atoms with van der Waals surface area (Å²) in [6.07, 6.45) is 4.70. The van der Waals surface area contributed by atoms with E-state index in [0.29, 0.717) is 24.5 Å². The van der Waals surface area contributed by atoms with E-state index in [9.17, 15) is 9.59 Å². The number of amides is 1. The Morgan fingerprint density at radius 1 is 1.03 bits per heavy atom. The third kappa shape index (κ3) is 4.69. The Morgan fingerprint density at radius 3 is 2.57 bits per heavy atom. The second kappa shape index (κ2) is 8.83. The summed E-state index contributed by atoms with van der Waals surface area (Å²) < 4.78 is 7.05. The number of Topliss-reactive ketones (excluding diaryl/α,β-unsaturated/α-hetero) is 1. The van der Waals surface area contributed by atoms with Crippen LogP contribution in [0.5, 0.6) is 11.5 Å². The van der Waals surface area contributed by atoms with E-state index in [4.69, 9.17) is 4.74 Å². The van der Waals surface area contributed by atoms with Gasteiger partial charge in [0.2, 0.25) is 0 Å². The lowest BCUT2D eigenvalue weighted by Crippen LogP contribution is -2.49. The summed E-state index contributed by atoms with van der Waals surface area (Å²) in [5.74, 6) is 1.23. The van der Waals surface area contributed by atoms with Gasteiger partial charge in [0.05, 0.1) is 12.4 Å². The highest BCUT2D eigenvalue weighted by atomic mass is 16.5. The summed E-state index contributed by atoms with van der Waals surface area (Å²) in [6, 6.07) is 11.0. The van der Waals surface area contributed by atoms with Crippen LogP contribution in [0.25, 0.3) is 0 Å². The van der Waals surface area contributed by atoms with E-state index in [2.05, 4.69) is 26.3 Å². The number of aromatic nitrogens is 4. The van der Waals surface area contributed by atoms with Crippen molar-refractivity contribution in [2.24, 2.45) is 0 Å². The molecule has 2 aromatic heterocycles. The average molecular weight is 406 g/mol. The Morgan fingerprint density at radius 2 is 1.87 bits per heavy atom. The monoisotopic (exact) mass is 406 g/mol. The zero-order chi connectivity index (χ0) is 20.9. The van der Waals surface area contributed by atoms with Crippen molar-refractivity contribution in [1.82, 2.24) is 29.8 Å². The maximum atomic E-state index is 12.6. The number of benzene rings is 1. The van der Waals surface area contributed by atoms with Crippen LogP contribution in [0, 0.1) is 0 Å². The second-order valence-corrected chi connectivity index (χ2v) is 7.08. The molecular weight excluding hydrogens is 384 g/mol. The van der Waals surface area contributed by atoms with Crippen LogP contribution in [-0.4, -0.2) is 67.8 Å². The Balaban J connectivity index is 1.32. The quantitative estimate of drug-likeness (QED) is 0.601. The van der Waals surface area contributed by atoms with Crippen LogP contribution in [0.4, 0.5) is 4.79 Å². The molecule has 30 heavy (non-hydrogen) atoms. The molecular formula is C21H22N6O3. The fraction of sp³-hybridized carbons (Fsp3) is 0.286. The highest BCUT2D eigenvalue weighted by Gasteiger charge is 2.23. The highest BCUT2D eigenvalue weighted by molar-refractivity contribution is 5.92. The first-order valence-electron chi connectivity index (χ1n) is 9.70. The first-order chi connectivity index (χ1) is 14.6. The van der Waals surface area contributed by atoms with Gasteiger partial charge in [-0.3, -0.25) is 9.69 Å². The molecule has 154 valence electrons. The molecule has 0 atom stereocenters. The number of carbonyl (C=O) groups excluding carboxylic acids is 2. The molecule has 0 aliphatic carbocycles. The minimum absolute atomic E-state index is 0.155. The summed E-state index contributed by atoms with van der Waals surface area (Å²) in [5.41, 5.74) is 1.43. The zero-order valence-electron chi connectivity index (χ0n) is 16.6. The summed E-state index contributed by atoms with van der Waals surface area (Å²) in [4.78, 5) is 28.0. The fourth-order valence-corrected chi connectivity index (χ4v) is 3.30. The Labute approximate surface area is 173 Å². The minimum Gasteiger partial charge on any atom is -0.456 e. The molecule has 1 saturated heterocycles. The lowest BCUT2D eigenvalue weighted by atomic mass is 10.2.